The topological polar surface area (TPSA) is 69.4 Å². The van der Waals surface area contributed by atoms with Crippen molar-refractivity contribution in [2.45, 2.75) is 19.3 Å². The van der Waals surface area contributed by atoms with Gasteiger partial charge in [0.25, 0.3) is 0 Å². The zero-order valence-corrected chi connectivity index (χ0v) is 10.5. The second-order valence-corrected chi connectivity index (χ2v) is 4.92. The molecule has 0 spiro atoms. The van der Waals surface area contributed by atoms with Crippen LogP contribution in [0.25, 0.3) is 10.9 Å². The van der Waals surface area contributed by atoms with Crippen molar-refractivity contribution in [1.29, 1.82) is 0 Å². The molecule has 0 bridgehead atoms. The Balaban J connectivity index is 2.03. The molecule has 0 atom stereocenters. The third-order valence-electron chi connectivity index (χ3n) is 3.82. The Labute approximate surface area is 110 Å². The third-order valence-corrected chi connectivity index (χ3v) is 3.82. The largest absolute Gasteiger partial charge is 0.486 e. The molecule has 1 aromatic heterocycles. The van der Waals surface area contributed by atoms with Crippen LogP contribution in [0.2, 0.25) is 0 Å². The number of ether oxygens (including phenoxy) is 2. The highest BCUT2D eigenvalue weighted by molar-refractivity contribution is 5.95. The maximum atomic E-state index is 5.72. The fraction of sp³-hybridized carbons (Fsp3) is 0.357. The molecule has 2 aliphatic rings. The van der Waals surface area contributed by atoms with Gasteiger partial charge in [-0.05, 0) is 30.9 Å². The zero-order chi connectivity index (χ0) is 12.8. The van der Waals surface area contributed by atoms with Gasteiger partial charge in [-0.15, -0.1) is 0 Å². The van der Waals surface area contributed by atoms with Gasteiger partial charge < -0.3 is 14.9 Å². The Kier molecular flexibility index (Phi) is 2.29. The molecule has 0 saturated heterocycles. The van der Waals surface area contributed by atoms with Crippen molar-refractivity contribution in [3.8, 4) is 11.5 Å². The number of hydrogen-bond donors (Lipinski definition) is 2. The average Bonchev–Trinajstić information content (AvgIpc) is 2.90. The zero-order valence-electron chi connectivity index (χ0n) is 10.5. The van der Waals surface area contributed by atoms with E-state index in [4.69, 9.17) is 20.3 Å². The highest BCUT2D eigenvalue weighted by Gasteiger charge is 2.21. The highest BCUT2D eigenvalue weighted by atomic mass is 16.6. The summed E-state index contributed by atoms with van der Waals surface area (Å²) in [7, 11) is 0. The van der Waals surface area contributed by atoms with Gasteiger partial charge in [0.1, 0.15) is 13.2 Å². The first-order valence-corrected chi connectivity index (χ1v) is 6.58. The van der Waals surface area contributed by atoms with Gasteiger partial charge in [0, 0.05) is 17.1 Å². The molecular weight excluding hydrogens is 242 g/mol. The molecule has 0 amide bonds. The molecular formula is C14H15N3O2. The molecule has 2 aromatic rings. The van der Waals surface area contributed by atoms with E-state index in [2.05, 4.69) is 5.43 Å². The smallest absolute Gasteiger partial charge is 0.163 e. The minimum atomic E-state index is 0.586. The first-order chi connectivity index (χ1) is 9.36. The number of fused-ring (bicyclic) bond motifs is 3. The molecule has 0 unspecified atom stereocenters. The number of aromatic nitrogens is 1. The van der Waals surface area contributed by atoms with Gasteiger partial charge >= 0.3 is 0 Å². The second-order valence-electron chi connectivity index (χ2n) is 4.92. The lowest BCUT2D eigenvalue weighted by Crippen LogP contribution is -2.16. The van der Waals surface area contributed by atoms with E-state index in [0.717, 1.165) is 53.0 Å². The molecule has 0 saturated carbocycles. The lowest BCUT2D eigenvalue weighted by atomic mass is 10.1. The molecule has 2 heterocycles. The summed E-state index contributed by atoms with van der Waals surface area (Å²) in [6.45, 7) is 1.17. The summed E-state index contributed by atoms with van der Waals surface area (Å²) in [5, 5.41) is 1.01. The van der Waals surface area contributed by atoms with Crippen molar-refractivity contribution in [2.24, 2.45) is 5.84 Å². The quantitative estimate of drug-likeness (QED) is 0.602. The van der Waals surface area contributed by atoms with Gasteiger partial charge in [-0.25, -0.2) is 0 Å². The van der Waals surface area contributed by atoms with Gasteiger partial charge in [0.15, 0.2) is 11.5 Å². The predicted molar refractivity (Wildman–Crippen MR) is 72.6 cm³/mol. The molecule has 5 nitrogen and oxygen atoms in total. The lowest BCUT2D eigenvalue weighted by Gasteiger charge is -2.20. The number of nitrogens with two attached hydrogens (primary N) is 1. The van der Waals surface area contributed by atoms with E-state index in [1.165, 1.54) is 5.56 Å². The monoisotopic (exact) mass is 257 g/mol. The van der Waals surface area contributed by atoms with Gasteiger partial charge in [0.05, 0.1) is 11.2 Å². The molecule has 0 fully saturated rings. The number of rotatable bonds is 1. The summed E-state index contributed by atoms with van der Waals surface area (Å²) < 4.78 is 11.2. The van der Waals surface area contributed by atoms with E-state index in [-0.39, 0.29) is 0 Å². The predicted octanol–water partition coefficient (Wildman–Crippen LogP) is 1.78. The summed E-state index contributed by atoms with van der Waals surface area (Å²) in [5.41, 5.74) is 7.13. The molecule has 98 valence electrons. The highest BCUT2D eigenvalue weighted by Crippen LogP contribution is 2.40. The van der Waals surface area contributed by atoms with Gasteiger partial charge in [-0.3, -0.25) is 10.8 Å². The van der Waals surface area contributed by atoms with Crippen LogP contribution in [0.5, 0.6) is 11.5 Å². The summed E-state index contributed by atoms with van der Waals surface area (Å²) >= 11 is 0. The van der Waals surface area contributed by atoms with Crippen molar-refractivity contribution < 1.29 is 9.47 Å². The first kappa shape index (κ1) is 10.9. The van der Waals surface area contributed by atoms with Crippen LogP contribution in [0.15, 0.2) is 12.1 Å². The number of nitrogens with one attached hydrogen (secondary N) is 1. The van der Waals surface area contributed by atoms with Gasteiger partial charge in [-0.2, -0.15) is 0 Å². The Bertz CT molecular complexity index is 670. The Morgan fingerprint density at radius 2 is 1.89 bits per heavy atom. The molecule has 3 N–H and O–H groups in total. The molecule has 1 aliphatic heterocycles. The number of nitrogens with zero attached hydrogens (tertiary/aromatic N) is 1. The van der Waals surface area contributed by atoms with Gasteiger partial charge in [-0.1, -0.05) is 0 Å². The van der Waals surface area contributed by atoms with Crippen LogP contribution in [-0.2, 0) is 12.8 Å². The van der Waals surface area contributed by atoms with E-state index in [9.17, 15) is 0 Å². The molecule has 19 heavy (non-hydrogen) atoms. The van der Waals surface area contributed by atoms with Crippen molar-refractivity contribution >= 4 is 16.6 Å². The van der Waals surface area contributed by atoms with E-state index in [1.807, 2.05) is 12.1 Å². The fourth-order valence-electron chi connectivity index (χ4n) is 2.96. The second kappa shape index (κ2) is 3.99. The van der Waals surface area contributed by atoms with Crippen LogP contribution >= 0.6 is 0 Å². The van der Waals surface area contributed by atoms with Crippen LogP contribution in [0.1, 0.15) is 17.7 Å². The summed E-state index contributed by atoms with van der Waals surface area (Å²) in [5.74, 6) is 7.26. The molecule has 1 aliphatic carbocycles. The van der Waals surface area contributed by atoms with E-state index in [1.54, 1.807) is 0 Å². The van der Waals surface area contributed by atoms with E-state index < -0.39 is 0 Å². The minimum Gasteiger partial charge on any atom is -0.486 e. The van der Waals surface area contributed by atoms with Crippen molar-refractivity contribution in [2.75, 3.05) is 18.6 Å². The molecule has 5 heteroatoms. The van der Waals surface area contributed by atoms with Crippen LogP contribution in [0.3, 0.4) is 0 Å². The number of nitrogen functional groups attached to an aromatic ring is 1. The normalized spacial score (nSPS) is 16.5. The summed E-state index contributed by atoms with van der Waals surface area (Å²) in [6, 6.07) is 3.92. The Morgan fingerprint density at radius 3 is 2.68 bits per heavy atom. The molecule has 0 radical (unpaired) electrons. The van der Waals surface area contributed by atoms with E-state index in [0.29, 0.717) is 13.2 Å². The number of anilines is 1. The molecule has 4 rings (SSSR count). The first-order valence-electron chi connectivity index (χ1n) is 6.58. The van der Waals surface area contributed by atoms with Crippen LogP contribution in [0.4, 0.5) is 5.69 Å². The maximum absolute atomic E-state index is 5.72. The minimum absolute atomic E-state index is 0.586. The van der Waals surface area contributed by atoms with Crippen LogP contribution in [-0.4, -0.2) is 18.2 Å². The third kappa shape index (κ3) is 1.55. The summed E-state index contributed by atoms with van der Waals surface area (Å²) in [4.78, 5) is 4.74. The van der Waals surface area contributed by atoms with Crippen LogP contribution < -0.4 is 20.7 Å². The Morgan fingerprint density at radius 1 is 1.11 bits per heavy atom. The van der Waals surface area contributed by atoms with Crippen molar-refractivity contribution in [1.82, 2.24) is 4.98 Å². The van der Waals surface area contributed by atoms with Crippen molar-refractivity contribution in [3.05, 3.63) is 23.4 Å². The molecule has 1 aromatic carbocycles. The van der Waals surface area contributed by atoms with Crippen molar-refractivity contribution in [3.63, 3.8) is 0 Å². The van der Waals surface area contributed by atoms with E-state index >= 15 is 0 Å². The standard InChI is InChI=1S/C14H15N3O2/c15-17-14-8-2-1-3-10(8)16-11-7-13-12(6-9(11)14)18-4-5-19-13/h6-7H,1-5,15H2,(H,16,17). The maximum Gasteiger partial charge on any atom is 0.163 e. The number of hydrazine groups is 1. The lowest BCUT2D eigenvalue weighted by molar-refractivity contribution is 0.172. The number of benzene rings is 1. The Hall–Kier alpha value is -2.01. The van der Waals surface area contributed by atoms with Crippen LogP contribution in [0, 0.1) is 0 Å². The fourth-order valence-corrected chi connectivity index (χ4v) is 2.96. The number of aryl methyl sites for hydroxylation is 1. The summed E-state index contributed by atoms with van der Waals surface area (Å²) in [6.07, 6.45) is 3.20. The number of hydrogen-bond acceptors (Lipinski definition) is 5. The van der Waals surface area contributed by atoms with Gasteiger partial charge in [0.2, 0.25) is 0 Å². The SMILES string of the molecule is NNc1c2c(nc3cc4c(cc13)OCCO4)CCC2. The number of pyridine rings is 1. The average molecular weight is 257 g/mol.